The number of nitrogens with zero attached hydrogens (tertiary/aromatic N) is 2. The van der Waals surface area contributed by atoms with Gasteiger partial charge in [0, 0.05) is 6.07 Å². The van der Waals surface area contributed by atoms with Gasteiger partial charge in [0.25, 0.3) is 11.8 Å². The van der Waals surface area contributed by atoms with Crippen LogP contribution in [0.3, 0.4) is 0 Å². The number of ether oxygens (including phenoxy) is 1. The molecule has 1 aliphatic heterocycles. The zero-order chi connectivity index (χ0) is 20.5. The third kappa shape index (κ3) is 4.01. The molecule has 0 atom stereocenters. The molecule has 1 heterocycles. The van der Waals surface area contributed by atoms with E-state index in [1.54, 1.807) is 57.2 Å². The van der Waals surface area contributed by atoms with Crippen molar-refractivity contribution in [2.45, 2.75) is 26.4 Å². The van der Waals surface area contributed by atoms with Gasteiger partial charge in [0.15, 0.2) is 5.75 Å². The maximum absolute atomic E-state index is 12.6. The summed E-state index contributed by atoms with van der Waals surface area (Å²) >= 11 is 0. The minimum absolute atomic E-state index is 0.109. The van der Waals surface area contributed by atoms with Crippen LogP contribution in [-0.4, -0.2) is 22.3 Å². The summed E-state index contributed by atoms with van der Waals surface area (Å²) in [6.45, 7) is 5.35. The topological polar surface area (TPSA) is 102 Å². The Labute approximate surface area is 161 Å². The summed E-state index contributed by atoms with van der Waals surface area (Å²) < 4.78 is 5.62. The normalized spacial score (nSPS) is 15.7. The van der Waals surface area contributed by atoms with Gasteiger partial charge in [-0.15, -0.1) is 0 Å². The highest BCUT2D eigenvalue weighted by Crippen LogP contribution is 2.32. The lowest BCUT2D eigenvalue weighted by Gasteiger charge is -2.21. The van der Waals surface area contributed by atoms with Gasteiger partial charge in [0.2, 0.25) is 0 Å². The van der Waals surface area contributed by atoms with Gasteiger partial charge >= 0.3 is 5.69 Å². The molecule has 2 aromatic rings. The van der Waals surface area contributed by atoms with E-state index in [2.05, 4.69) is 5.43 Å². The molecule has 2 aromatic carbocycles. The van der Waals surface area contributed by atoms with E-state index in [1.165, 1.54) is 18.2 Å². The molecule has 0 aliphatic carbocycles. The average Bonchev–Trinajstić information content (AvgIpc) is 2.90. The van der Waals surface area contributed by atoms with Gasteiger partial charge in [-0.1, -0.05) is 24.3 Å². The second-order valence-electron chi connectivity index (χ2n) is 7.17. The number of nitro groups is 1. The van der Waals surface area contributed by atoms with Crippen molar-refractivity contribution >= 4 is 29.3 Å². The highest BCUT2D eigenvalue weighted by molar-refractivity contribution is 6.31. The third-order valence-electron chi connectivity index (χ3n) is 3.81. The number of para-hydroxylation sites is 1. The summed E-state index contributed by atoms with van der Waals surface area (Å²) in [5.74, 6) is -0.992. The van der Waals surface area contributed by atoms with E-state index in [0.717, 1.165) is 5.01 Å². The number of anilines is 1. The number of nitrogens with one attached hydrogen (secondary N) is 1. The van der Waals surface area contributed by atoms with Gasteiger partial charge in [-0.25, -0.2) is 5.01 Å². The van der Waals surface area contributed by atoms with Crippen molar-refractivity contribution in [3.8, 4) is 5.75 Å². The van der Waals surface area contributed by atoms with Crippen molar-refractivity contribution in [1.29, 1.82) is 0 Å². The molecule has 0 unspecified atom stereocenters. The van der Waals surface area contributed by atoms with Crippen LogP contribution in [-0.2, 0) is 9.59 Å². The van der Waals surface area contributed by atoms with Gasteiger partial charge in [-0.3, -0.25) is 25.1 Å². The first-order valence-corrected chi connectivity index (χ1v) is 8.55. The first-order valence-electron chi connectivity index (χ1n) is 8.55. The molecule has 8 nitrogen and oxygen atoms in total. The Morgan fingerprint density at radius 2 is 1.79 bits per heavy atom. The van der Waals surface area contributed by atoms with Gasteiger partial charge < -0.3 is 4.74 Å². The van der Waals surface area contributed by atoms with E-state index in [1.807, 2.05) is 0 Å². The highest BCUT2D eigenvalue weighted by Gasteiger charge is 2.34. The summed E-state index contributed by atoms with van der Waals surface area (Å²) in [6, 6.07) is 13.0. The molecule has 1 fully saturated rings. The Kier molecular flexibility index (Phi) is 4.87. The zero-order valence-corrected chi connectivity index (χ0v) is 15.6. The van der Waals surface area contributed by atoms with Crippen molar-refractivity contribution in [3.05, 3.63) is 69.8 Å². The second-order valence-corrected chi connectivity index (χ2v) is 7.17. The van der Waals surface area contributed by atoms with Crippen LogP contribution in [0.2, 0.25) is 0 Å². The van der Waals surface area contributed by atoms with Gasteiger partial charge in [0.1, 0.15) is 11.2 Å². The first kappa shape index (κ1) is 19.1. The summed E-state index contributed by atoms with van der Waals surface area (Å²) in [5, 5.41) is 12.6. The van der Waals surface area contributed by atoms with E-state index < -0.39 is 22.3 Å². The molecule has 8 heteroatoms. The monoisotopic (exact) mass is 381 g/mol. The van der Waals surface area contributed by atoms with Crippen molar-refractivity contribution in [2.24, 2.45) is 0 Å². The molecule has 144 valence electrons. The number of benzene rings is 2. The largest absolute Gasteiger partial charge is 0.481 e. The smallest absolute Gasteiger partial charge is 0.311 e. The van der Waals surface area contributed by atoms with Crippen molar-refractivity contribution in [2.75, 3.05) is 5.01 Å². The molecular weight excluding hydrogens is 362 g/mol. The maximum Gasteiger partial charge on any atom is 0.311 e. The Morgan fingerprint density at radius 1 is 1.11 bits per heavy atom. The highest BCUT2D eigenvalue weighted by atomic mass is 16.6. The molecule has 28 heavy (non-hydrogen) atoms. The van der Waals surface area contributed by atoms with Crippen LogP contribution in [0.15, 0.2) is 54.1 Å². The van der Waals surface area contributed by atoms with E-state index in [9.17, 15) is 19.7 Å². The minimum atomic E-state index is -0.609. The van der Waals surface area contributed by atoms with Crippen LogP contribution < -0.4 is 15.2 Å². The van der Waals surface area contributed by atoms with Crippen LogP contribution in [0.5, 0.6) is 5.75 Å². The molecule has 0 aromatic heterocycles. The number of amides is 2. The first-order chi connectivity index (χ1) is 13.2. The number of carbonyl (C=O) groups is 2. The molecule has 0 saturated carbocycles. The predicted molar refractivity (Wildman–Crippen MR) is 104 cm³/mol. The van der Waals surface area contributed by atoms with Gasteiger partial charge in [-0.05, 0) is 50.6 Å². The number of carbonyl (C=O) groups excluding carboxylic acids is 2. The van der Waals surface area contributed by atoms with Crippen LogP contribution in [0.25, 0.3) is 6.08 Å². The molecule has 1 aliphatic rings. The summed E-state index contributed by atoms with van der Waals surface area (Å²) in [7, 11) is 0. The number of hydrazine groups is 1. The molecule has 2 amide bonds. The fourth-order valence-electron chi connectivity index (χ4n) is 2.67. The molecule has 0 radical (unpaired) electrons. The van der Waals surface area contributed by atoms with Gasteiger partial charge in [-0.2, -0.15) is 0 Å². The van der Waals surface area contributed by atoms with Gasteiger partial charge in [0.05, 0.1) is 10.6 Å². The van der Waals surface area contributed by atoms with Crippen molar-refractivity contribution in [3.63, 3.8) is 0 Å². The Hall–Kier alpha value is -3.68. The van der Waals surface area contributed by atoms with E-state index >= 15 is 0 Å². The van der Waals surface area contributed by atoms with Crippen LogP contribution >= 0.6 is 0 Å². The lowest BCUT2D eigenvalue weighted by Crippen LogP contribution is -2.35. The molecule has 0 bridgehead atoms. The maximum atomic E-state index is 12.6. The quantitative estimate of drug-likeness (QED) is 0.379. The van der Waals surface area contributed by atoms with Crippen LogP contribution in [0.1, 0.15) is 26.3 Å². The number of hydrogen-bond donors (Lipinski definition) is 1. The van der Waals surface area contributed by atoms with Crippen LogP contribution in [0, 0.1) is 10.1 Å². The van der Waals surface area contributed by atoms with E-state index in [4.69, 9.17) is 4.74 Å². The Morgan fingerprint density at radius 3 is 2.39 bits per heavy atom. The molecule has 1 saturated heterocycles. The fourth-order valence-corrected chi connectivity index (χ4v) is 2.67. The molecule has 3 rings (SSSR count). The lowest BCUT2D eigenvalue weighted by atomic mass is 10.1. The molecular formula is C20H19N3O5. The van der Waals surface area contributed by atoms with Crippen molar-refractivity contribution in [1.82, 2.24) is 5.43 Å². The Bertz CT molecular complexity index is 977. The fraction of sp³-hybridized carbons (Fsp3) is 0.200. The Balaban J connectivity index is 1.95. The number of hydrogen-bond acceptors (Lipinski definition) is 5. The summed E-state index contributed by atoms with van der Waals surface area (Å²) in [6.07, 6.45) is 1.33. The molecule has 0 spiro atoms. The van der Waals surface area contributed by atoms with E-state index in [0.29, 0.717) is 11.3 Å². The average molecular weight is 381 g/mol. The predicted octanol–water partition coefficient (Wildman–Crippen LogP) is 3.23. The number of rotatable bonds is 4. The standard InChI is InChI=1S/C20H19N3O5/c1-20(2,3)28-17-10-9-13(12-16(17)23(26)27)11-15-18(24)21-22(19(15)25)14-7-5-4-6-8-14/h4-12H,1-3H3,(H,21,24)/b15-11-. The SMILES string of the molecule is CC(C)(C)Oc1ccc(/C=C2/C(=O)NN(c3ccccc3)C2=O)cc1[N+](=O)[O-]. The zero-order valence-electron chi connectivity index (χ0n) is 15.6. The lowest BCUT2D eigenvalue weighted by molar-refractivity contribution is -0.386. The molecule has 1 N–H and O–H groups in total. The van der Waals surface area contributed by atoms with Crippen LogP contribution in [0.4, 0.5) is 11.4 Å². The summed E-state index contributed by atoms with van der Waals surface area (Å²) in [4.78, 5) is 35.7. The number of nitro benzene ring substituents is 1. The summed E-state index contributed by atoms with van der Waals surface area (Å²) in [5.41, 5.74) is 2.40. The minimum Gasteiger partial charge on any atom is -0.481 e. The second kappa shape index (κ2) is 7.15. The van der Waals surface area contributed by atoms with Crippen molar-refractivity contribution < 1.29 is 19.2 Å². The van der Waals surface area contributed by atoms with E-state index in [-0.39, 0.29) is 17.0 Å². The third-order valence-corrected chi connectivity index (χ3v) is 3.81.